The van der Waals surface area contributed by atoms with Crippen molar-refractivity contribution in [2.24, 2.45) is 0 Å². The lowest BCUT2D eigenvalue weighted by Crippen LogP contribution is -1.96. The Morgan fingerprint density at radius 1 is 1.50 bits per heavy atom. The van der Waals surface area contributed by atoms with Crippen molar-refractivity contribution >= 4 is 21.6 Å². The number of unbranched alkanes of at least 4 members (excludes halogenated alkanes) is 1. The minimum atomic E-state index is 0.771. The van der Waals surface area contributed by atoms with E-state index in [4.69, 9.17) is 4.74 Å². The molecule has 1 aromatic carbocycles. The van der Waals surface area contributed by atoms with Gasteiger partial charge >= 0.3 is 0 Å². The van der Waals surface area contributed by atoms with Gasteiger partial charge in [-0.25, -0.2) is 4.98 Å². The van der Waals surface area contributed by atoms with E-state index in [2.05, 4.69) is 17.4 Å². The molecule has 14 heavy (non-hydrogen) atoms. The first kappa shape index (κ1) is 9.46. The van der Waals surface area contributed by atoms with E-state index >= 15 is 0 Å². The molecule has 0 aliphatic rings. The fraction of sp³-hybridized carbons (Fsp3) is 0.364. The molecule has 0 saturated heterocycles. The highest BCUT2D eigenvalue weighted by atomic mass is 32.1. The van der Waals surface area contributed by atoms with Crippen LogP contribution in [0.15, 0.2) is 18.2 Å². The molecule has 0 atom stereocenters. The van der Waals surface area contributed by atoms with Gasteiger partial charge < -0.3 is 4.74 Å². The summed E-state index contributed by atoms with van der Waals surface area (Å²) in [5, 5.41) is 0. The molecular formula is C11H12NOS. The minimum absolute atomic E-state index is 0.771. The number of ether oxygens (including phenoxy) is 1. The second kappa shape index (κ2) is 4.42. The molecule has 0 aliphatic heterocycles. The number of hydrogen-bond acceptors (Lipinski definition) is 3. The maximum absolute atomic E-state index is 5.64. The van der Waals surface area contributed by atoms with Gasteiger partial charge in [-0.15, -0.1) is 11.3 Å². The van der Waals surface area contributed by atoms with Gasteiger partial charge in [-0.2, -0.15) is 0 Å². The minimum Gasteiger partial charge on any atom is -0.491 e. The maximum atomic E-state index is 5.64. The third-order valence-electron chi connectivity index (χ3n) is 2.03. The SMILES string of the molecule is CCCCOc1cccc2s[c]nc12. The monoisotopic (exact) mass is 206 g/mol. The van der Waals surface area contributed by atoms with E-state index in [0.29, 0.717) is 0 Å². The van der Waals surface area contributed by atoms with Crippen LogP contribution >= 0.6 is 11.3 Å². The Bertz CT molecular complexity index is 410. The molecule has 0 N–H and O–H groups in total. The summed E-state index contributed by atoms with van der Waals surface area (Å²) in [7, 11) is 0. The van der Waals surface area contributed by atoms with E-state index in [0.717, 1.165) is 35.4 Å². The Morgan fingerprint density at radius 3 is 3.29 bits per heavy atom. The molecule has 73 valence electrons. The Morgan fingerprint density at radius 2 is 2.43 bits per heavy atom. The van der Waals surface area contributed by atoms with Crippen molar-refractivity contribution in [2.45, 2.75) is 19.8 Å². The van der Waals surface area contributed by atoms with Crippen LogP contribution in [0.2, 0.25) is 0 Å². The highest BCUT2D eigenvalue weighted by molar-refractivity contribution is 7.16. The summed E-state index contributed by atoms with van der Waals surface area (Å²) in [6.45, 7) is 2.92. The molecule has 0 spiro atoms. The van der Waals surface area contributed by atoms with Gasteiger partial charge in [-0.05, 0) is 18.6 Å². The fourth-order valence-electron chi connectivity index (χ4n) is 1.26. The summed E-state index contributed by atoms with van der Waals surface area (Å²) in [4.78, 5) is 4.17. The molecule has 0 bridgehead atoms. The Labute approximate surface area is 87.5 Å². The third kappa shape index (κ3) is 1.87. The van der Waals surface area contributed by atoms with Gasteiger partial charge in [0, 0.05) is 0 Å². The lowest BCUT2D eigenvalue weighted by molar-refractivity contribution is 0.312. The average molecular weight is 206 g/mol. The molecule has 0 unspecified atom stereocenters. The van der Waals surface area contributed by atoms with Crippen LogP contribution in [0.25, 0.3) is 10.2 Å². The molecule has 2 nitrogen and oxygen atoms in total. The van der Waals surface area contributed by atoms with Crippen molar-refractivity contribution in [3.05, 3.63) is 23.7 Å². The second-order valence-corrected chi connectivity index (χ2v) is 3.94. The van der Waals surface area contributed by atoms with Crippen LogP contribution in [0, 0.1) is 5.51 Å². The molecule has 0 amide bonds. The number of thiazole rings is 1. The largest absolute Gasteiger partial charge is 0.491 e. The van der Waals surface area contributed by atoms with Crippen LogP contribution < -0.4 is 4.74 Å². The summed E-state index contributed by atoms with van der Waals surface area (Å²) in [5.41, 5.74) is 3.82. The highest BCUT2D eigenvalue weighted by Crippen LogP contribution is 2.26. The summed E-state index contributed by atoms with van der Waals surface area (Å²) in [6.07, 6.45) is 2.24. The van der Waals surface area contributed by atoms with Crippen LogP contribution in [0.4, 0.5) is 0 Å². The molecule has 3 heteroatoms. The molecule has 0 aliphatic carbocycles. The normalized spacial score (nSPS) is 10.6. The summed E-state index contributed by atoms with van der Waals surface area (Å²) >= 11 is 1.52. The molecule has 2 aromatic rings. The number of hydrogen-bond donors (Lipinski definition) is 0. The van der Waals surface area contributed by atoms with Gasteiger partial charge in [0.05, 0.1) is 11.3 Å². The predicted octanol–water partition coefficient (Wildman–Crippen LogP) is 3.28. The fourth-order valence-corrected chi connectivity index (χ4v) is 1.88. The van der Waals surface area contributed by atoms with Crippen molar-refractivity contribution in [2.75, 3.05) is 6.61 Å². The first-order chi connectivity index (χ1) is 6.92. The number of para-hydroxylation sites is 1. The summed E-state index contributed by atoms with van der Waals surface area (Å²) in [6, 6.07) is 6.00. The Balaban J connectivity index is 2.19. The zero-order valence-corrected chi connectivity index (χ0v) is 8.93. The molecule has 2 rings (SSSR count). The van der Waals surface area contributed by atoms with Gasteiger partial charge in [0.25, 0.3) is 0 Å². The van der Waals surface area contributed by atoms with E-state index in [1.54, 1.807) is 0 Å². The van der Waals surface area contributed by atoms with Gasteiger partial charge in [0.1, 0.15) is 11.3 Å². The van der Waals surface area contributed by atoms with E-state index in [1.165, 1.54) is 11.3 Å². The number of nitrogens with zero attached hydrogens (tertiary/aromatic N) is 1. The second-order valence-electron chi connectivity index (χ2n) is 3.11. The zero-order chi connectivity index (χ0) is 9.80. The molecular weight excluding hydrogens is 194 g/mol. The standard InChI is InChI=1S/C11H12NOS/c1-2-3-7-13-9-5-4-6-10-11(9)12-8-14-10/h4-6H,2-3,7H2,1H3. The average Bonchev–Trinajstić information content (AvgIpc) is 2.67. The third-order valence-corrected chi connectivity index (χ3v) is 2.76. The van der Waals surface area contributed by atoms with E-state index in [9.17, 15) is 0 Å². The highest BCUT2D eigenvalue weighted by Gasteiger charge is 2.03. The lowest BCUT2D eigenvalue weighted by atomic mass is 10.3. The predicted molar refractivity (Wildman–Crippen MR) is 58.9 cm³/mol. The smallest absolute Gasteiger partial charge is 0.153 e. The molecule has 1 heterocycles. The van der Waals surface area contributed by atoms with Crippen molar-refractivity contribution < 1.29 is 4.74 Å². The zero-order valence-electron chi connectivity index (χ0n) is 8.12. The van der Waals surface area contributed by atoms with Gasteiger partial charge in [-0.3, -0.25) is 0 Å². The van der Waals surface area contributed by atoms with E-state index < -0.39 is 0 Å². The van der Waals surface area contributed by atoms with Crippen LogP contribution in [0.5, 0.6) is 5.75 Å². The Kier molecular flexibility index (Phi) is 2.99. The topological polar surface area (TPSA) is 22.1 Å². The summed E-state index contributed by atoms with van der Waals surface area (Å²) < 4.78 is 6.78. The first-order valence-corrected chi connectivity index (χ1v) is 5.62. The maximum Gasteiger partial charge on any atom is 0.153 e. The Hall–Kier alpha value is -1.09. The lowest BCUT2D eigenvalue weighted by Gasteiger charge is -2.04. The first-order valence-electron chi connectivity index (χ1n) is 4.80. The molecule has 1 radical (unpaired) electrons. The molecule has 0 fully saturated rings. The van der Waals surface area contributed by atoms with Crippen molar-refractivity contribution in [1.29, 1.82) is 0 Å². The number of benzene rings is 1. The van der Waals surface area contributed by atoms with Crippen LogP contribution in [0.3, 0.4) is 0 Å². The van der Waals surface area contributed by atoms with Gasteiger partial charge in [0.2, 0.25) is 0 Å². The number of fused-ring (bicyclic) bond motifs is 1. The quantitative estimate of drug-likeness (QED) is 0.716. The van der Waals surface area contributed by atoms with Gasteiger partial charge in [0.15, 0.2) is 5.51 Å². The number of aromatic nitrogens is 1. The molecule has 1 aromatic heterocycles. The van der Waals surface area contributed by atoms with E-state index in [-0.39, 0.29) is 0 Å². The van der Waals surface area contributed by atoms with Crippen LogP contribution in [0.1, 0.15) is 19.8 Å². The van der Waals surface area contributed by atoms with Gasteiger partial charge in [-0.1, -0.05) is 19.4 Å². The van der Waals surface area contributed by atoms with Crippen LogP contribution in [-0.2, 0) is 0 Å². The van der Waals surface area contributed by atoms with Crippen molar-refractivity contribution in [3.8, 4) is 5.75 Å². The van der Waals surface area contributed by atoms with E-state index in [1.807, 2.05) is 18.2 Å². The van der Waals surface area contributed by atoms with Crippen molar-refractivity contribution in [1.82, 2.24) is 4.98 Å². The van der Waals surface area contributed by atoms with Crippen molar-refractivity contribution in [3.63, 3.8) is 0 Å². The summed E-state index contributed by atoms with van der Waals surface area (Å²) in [5.74, 6) is 0.883. The molecule has 0 saturated carbocycles. The number of rotatable bonds is 4. The van der Waals surface area contributed by atoms with Crippen LogP contribution in [-0.4, -0.2) is 11.6 Å².